The Morgan fingerprint density at radius 3 is 2.62 bits per heavy atom. The van der Waals surface area contributed by atoms with Gasteiger partial charge in [0.05, 0.1) is 17.2 Å². The Morgan fingerprint density at radius 1 is 1.00 bits per heavy atom. The van der Waals surface area contributed by atoms with Gasteiger partial charge in [-0.15, -0.1) is 0 Å². The van der Waals surface area contributed by atoms with Gasteiger partial charge >= 0.3 is 0 Å². The number of nitrogens with zero attached hydrogens (tertiary/aromatic N) is 1. The predicted molar refractivity (Wildman–Crippen MR) is 104 cm³/mol. The fourth-order valence-electron chi connectivity index (χ4n) is 3.36. The lowest BCUT2D eigenvalue weighted by Gasteiger charge is -2.20. The van der Waals surface area contributed by atoms with Crippen molar-refractivity contribution in [2.75, 3.05) is 17.5 Å². The van der Waals surface area contributed by atoms with Gasteiger partial charge in [-0.05, 0) is 59.5 Å². The third-order valence-corrected chi connectivity index (χ3v) is 6.50. The van der Waals surface area contributed by atoms with Crippen molar-refractivity contribution in [1.82, 2.24) is 0 Å². The van der Waals surface area contributed by atoms with Gasteiger partial charge in [-0.2, -0.15) is 0 Å². The van der Waals surface area contributed by atoms with Crippen LogP contribution in [0.2, 0.25) is 0 Å². The van der Waals surface area contributed by atoms with Crippen LogP contribution in [0.5, 0.6) is 5.75 Å². The van der Waals surface area contributed by atoms with Gasteiger partial charge in [0.1, 0.15) is 5.75 Å². The maximum absolute atomic E-state index is 13.2. The topological polar surface area (TPSA) is 46.6 Å². The fraction of sp³-hybridized carbons (Fsp3) is 0.238. The minimum absolute atomic E-state index is 0.323. The third-order valence-electron chi connectivity index (χ3n) is 4.69. The molecule has 0 aliphatic carbocycles. The lowest BCUT2D eigenvalue weighted by Crippen LogP contribution is -2.29. The molecule has 4 nitrogen and oxygen atoms in total. The Morgan fingerprint density at radius 2 is 1.77 bits per heavy atom. The summed E-state index contributed by atoms with van der Waals surface area (Å²) in [5.74, 6) is 0.809. The second kappa shape index (κ2) is 6.65. The van der Waals surface area contributed by atoms with Crippen molar-refractivity contribution >= 4 is 26.5 Å². The molecule has 0 atom stereocenters. The molecule has 0 bridgehead atoms. The summed E-state index contributed by atoms with van der Waals surface area (Å²) >= 11 is 0. The van der Waals surface area contributed by atoms with Crippen molar-refractivity contribution in [3.05, 3.63) is 66.2 Å². The van der Waals surface area contributed by atoms with E-state index in [-0.39, 0.29) is 0 Å². The van der Waals surface area contributed by atoms with Crippen molar-refractivity contribution in [3.63, 3.8) is 0 Å². The van der Waals surface area contributed by atoms with Crippen LogP contribution in [0.1, 0.15) is 18.9 Å². The molecule has 26 heavy (non-hydrogen) atoms. The number of hydrogen-bond donors (Lipinski definition) is 0. The molecule has 0 spiro atoms. The molecule has 0 unspecified atom stereocenters. The van der Waals surface area contributed by atoms with Gasteiger partial charge in [0.2, 0.25) is 0 Å². The summed E-state index contributed by atoms with van der Waals surface area (Å²) in [5, 5.41) is 1.86. The zero-order chi connectivity index (χ0) is 18.1. The first-order chi connectivity index (χ1) is 12.6. The Hall–Kier alpha value is -2.53. The number of fused-ring (bicyclic) bond motifs is 2. The van der Waals surface area contributed by atoms with E-state index in [0.29, 0.717) is 18.0 Å². The van der Waals surface area contributed by atoms with Crippen LogP contribution in [-0.2, 0) is 16.4 Å². The van der Waals surface area contributed by atoms with E-state index in [9.17, 15) is 8.42 Å². The molecule has 4 rings (SSSR count). The second-order valence-electron chi connectivity index (χ2n) is 6.48. The van der Waals surface area contributed by atoms with Crippen LogP contribution in [0, 0.1) is 0 Å². The lowest BCUT2D eigenvalue weighted by atomic mass is 10.1. The number of hydrogen-bond acceptors (Lipinski definition) is 3. The normalized spacial score (nSPS) is 13.8. The van der Waals surface area contributed by atoms with E-state index in [1.54, 1.807) is 12.1 Å². The van der Waals surface area contributed by atoms with Crippen molar-refractivity contribution in [2.24, 2.45) is 0 Å². The largest absolute Gasteiger partial charge is 0.494 e. The molecule has 1 aliphatic heterocycles. The summed E-state index contributed by atoms with van der Waals surface area (Å²) in [6, 6.07) is 18.7. The smallest absolute Gasteiger partial charge is 0.264 e. The second-order valence-corrected chi connectivity index (χ2v) is 8.34. The molecule has 134 valence electrons. The van der Waals surface area contributed by atoms with Crippen LogP contribution < -0.4 is 9.04 Å². The van der Waals surface area contributed by atoms with E-state index in [1.807, 2.05) is 48.5 Å². The number of rotatable bonds is 5. The first-order valence-corrected chi connectivity index (χ1v) is 10.3. The molecule has 3 aromatic carbocycles. The number of ether oxygens (including phenoxy) is 1. The van der Waals surface area contributed by atoms with Crippen molar-refractivity contribution < 1.29 is 13.2 Å². The Labute approximate surface area is 154 Å². The van der Waals surface area contributed by atoms with Crippen molar-refractivity contribution in [2.45, 2.75) is 24.7 Å². The minimum Gasteiger partial charge on any atom is -0.494 e. The fourth-order valence-corrected chi connectivity index (χ4v) is 4.90. The summed E-state index contributed by atoms with van der Waals surface area (Å²) in [5.41, 5.74) is 1.87. The highest BCUT2D eigenvalue weighted by Crippen LogP contribution is 2.33. The zero-order valence-electron chi connectivity index (χ0n) is 14.7. The van der Waals surface area contributed by atoms with Gasteiger partial charge in [0.25, 0.3) is 10.0 Å². The molecule has 1 heterocycles. The molecule has 0 N–H and O–H groups in total. The zero-order valence-corrected chi connectivity index (χ0v) is 15.5. The average molecular weight is 367 g/mol. The lowest BCUT2D eigenvalue weighted by molar-refractivity contribution is 0.318. The standard InChI is InChI=1S/C21H21NO3S/c1-2-13-25-19-9-7-18-15-20(10-8-17(18)14-19)26(23,24)22-12-11-16-5-3-4-6-21(16)22/h3-10,14-15H,2,11-13H2,1H3. The monoisotopic (exact) mass is 367 g/mol. The van der Waals surface area contributed by atoms with Crippen molar-refractivity contribution in [1.29, 1.82) is 0 Å². The van der Waals surface area contributed by atoms with Crippen LogP contribution in [0.4, 0.5) is 5.69 Å². The van der Waals surface area contributed by atoms with E-state index < -0.39 is 10.0 Å². The number of sulfonamides is 1. The molecule has 0 radical (unpaired) electrons. The first kappa shape index (κ1) is 16.9. The third kappa shape index (κ3) is 2.92. The molecular weight excluding hydrogens is 346 g/mol. The van der Waals surface area contributed by atoms with E-state index in [1.165, 1.54) is 4.31 Å². The summed E-state index contributed by atoms with van der Waals surface area (Å²) < 4.78 is 33.5. The molecule has 0 aromatic heterocycles. The van der Waals surface area contributed by atoms with Crippen LogP contribution in [-0.4, -0.2) is 21.6 Å². The average Bonchev–Trinajstić information content (AvgIpc) is 3.10. The molecular formula is C21H21NO3S. The summed E-state index contributed by atoms with van der Waals surface area (Å²) in [6.07, 6.45) is 1.70. The summed E-state index contributed by atoms with van der Waals surface area (Å²) in [7, 11) is -3.57. The molecule has 1 aliphatic rings. The highest BCUT2D eigenvalue weighted by atomic mass is 32.2. The molecule has 5 heteroatoms. The van der Waals surface area contributed by atoms with Gasteiger partial charge in [-0.3, -0.25) is 4.31 Å². The summed E-state index contributed by atoms with van der Waals surface area (Å²) in [6.45, 7) is 3.23. The van der Waals surface area contributed by atoms with Crippen LogP contribution in [0.15, 0.2) is 65.6 Å². The molecule has 0 amide bonds. The quantitative estimate of drug-likeness (QED) is 0.672. The van der Waals surface area contributed by atoms with E-state index in [2.05, 4.69) is 6.92 Å². The molecule has 0 fully saturated rings. The highest BCUT2D eigenvalue weighted by molar-refractivity contribution is 7.92. The van der Waals surface area contributed by atoms with E-state index >= 15 is 0 Å². The molecule has 3 aromatic rings. The number of benzene rings is 3. The number of para-hydroxylation sites is 1. The van der Waals surface area contributed by atoms with Gasteiger partial charge in [-0.1, -0.05) is 37.3 Å². The maximum Gasteiger partial charge on any atom is 0.264 e. The van der Waals surface area contributed by atoms with Crippen molar-refractivity contribution in [3.8, 4) is 5.75 Å². The van der Waals surface area contributed by atoms with Gasteiger partial charge in [-0.25, -0.2) is 8.42 Å². The molecule has 0 saturated heterocycles. The number of anilines is 1. The SMILES string of the molecule is CCCOc1ccc2cc(S(=O)(=O)N3CCc4ccccc43)ccc2c1. The minimum atomic E-state index is -3.57. The van der Waals surface area contributed by atoms with Crippen LogP contribution in [0.3, 0.4) is 0 Å². The van der Waals surface area contributed by atoms with Crippen LogP contribution >= 0.6 is 0 Å². The van der Waals surface area contributed by atoms with E-state index in [4.69, 9.17) is 4.74 Å². The molecule has 0 saturated carbocycles. The van der Waals surface area contributed by atoms with Gasteiger partial charge in [0.15, 0.2) is 0 Å². The first-order valence-electron chi connectivity index (χ1n) is 8.87. The Kier molecular flexibility index (Phi) is 4.32. The Bertz CT molecular complexity index is 1060. The highest BCUT2D eigenvalue weighted by Gasteiger charge is 2.30. The maximum atomic E-state index is 13.2. The predicted octanol–water partition coefficient (Wildman–Crippen LogP) is 4.38. The Balaban J connectivity index is 1.70. The van der Waals surface area contributed by atoms with Gasteiger partial charge in [0, 0.05) is 6.54 Å². The van der Waals surface area contributed by atoms with Gasteiger partial charge < -0.3 is 4.74 Å². The summed E-state index contributed by atoms with van der Waals surface area (Å²) in [4.78, 5) is 0.323. The van der Waals surface area contributed by atoms with E-state index in [0.717, 1.165) is 40.6 Å². The van der Waals surface area contributed by atoms with Crippen LogP contribution in [0.25, 0.3) is 10.8 Å².